The summed E-state index contributed by atoms with van der Waals surface area (Å²) in [5, 5.41) is 8.93. The highest BCUT2D eigenvalue weighted by Crippen LogP contribution is 2.17. The zero-order chi connectivity index (χ0) is 12.1. The molecule has 5 heteroatoms. The molecular formula is C11H20N2O3. The summed E-state index contributed by atoms with van der Waals surface area (Å²) >= 11 is 0. The lowest BCUT2D eigenvalue weighted by Crippen LogP contribution is -2.47. The summed E-state index contributed by atoms with van der Waals surface area (Å²) in [5.41, 5.74) is 0. The number of carbonyl (C=O) groups excluding carboxylic acids is 1. The first kappa shape index (κ1) is 12.8. The van der Waals surface area contributed by atoms with E-state index in [0.29, 0.717) is 26.1 Å². The molecule has 0 radical (unpaired) electrons. The molecule has 1 aliphatic rings. The van der Waals surface area contributed by atoms with E-state index in [1.54, 1.807) is 16.8 Å². The Labute approximate surface area is 96.0 Å². The summed E-state index contributed by atoms with van der Waals surface area (Å²) in [6.45, 7) is 3.76. The summed E-state index contributed by atoms with van der Waals surface area (Å²) in [6, 6.07) is -0.0483. The third-order valence-electron chi connectivity index (χ3n) is 2.93. The Kier molecular flexibility index (Phi) is 4.58. The number of amides is 2. The van der Waals surface area contributed by atoms with Crippen LogP contribution in [0.1, 0.15) is 26.2 Å². The van der Waals surface area contributed by atoms with Crippen molar-refractivity contribution in [2.45, 2.75) is 26.2 Å². The van der Waals surface area contributed by atoms with Crippen LogP contribution in [0.4, 0.5) is 4.79 Å². The van der Waals surface area contributed by atoms with Gasteiger partial charge in [-0.1, -0.05) is 6.92 Å². The van der Waals surface area contributed by atoms with Gasteiger partial charge < -0.3 is 14.9 Å². The normalized spacial score (nSPS) is 20.6. The van der Waals surface area contributed by atoms with Crippen LogP contribution < -0.4 is 0 Å². The predicted octanol–water partition coefficient (Wildman–Crippen LogP) is 1.24. The quantitative estimate of drug-likeness (QED) is 0.790. The molecule has 1 fully saturated rings. The first-order chi connectivity index (χ1) is 7.56. The van der Waals surface area contributed by atoms with Crippen molar-refractivity contribution in [1.29, 1.82) is 0 Å². The van der Waals surface area contributed by atoms with Gasteiger partial charge in [0.25, 0.3) is 0 Å². The SMILES string of the molecule is CCCN(C)C(=O)N1CCCC(C(=O)O)C1. The summed E-state index contributed by atoms with van der Waals surface area (Å²) in [5.74, 6) is -1.19. The fourth-order valence-electron chi connectivity index (χ4n) is 2.02. The Morgan fingerprint density at radius 3 is 2.75 bits per heavy atom. The van der Waals surface area contributed by atoms with E-state index >= 15 is 0 Å². The molecule has 5 nitrogen and oxygen atoms in total. The van der Waals surface area contributed by atoms with E-state index in [2.05, 4.69) is 0 Å². The number of urea groups is 1. The number of hydrogen-bond acceptors (Lipinski definition) is 2. The Hall–Kier alpha value is -1.26. The zero-order valence-corrected chi connectivity index (χ0v) is 9.98. The largest absolute Gasteiger partial charge is 0.481 e. The molecular weight excluding hydrogens is 208 g/mol. The van der Waals surface area contributed by atoms with Gasteiger partial charge in [-0.25, -0.2) is 4.79 Å². The van der Waals surface area contributed by atoms with Crippen molar-refractivity contribution in [3.05, 3.63) is 0 Å². The second-order valence-corrected chi connectivity index (χ2v) is 4.33. The average molecular weight is 228 g/mol. The van der Waals surface area contributed by atoms with Gasteiger partial charge in [-0.05, 0) is 19.3 Å². The fourth-order valence-corrected chi connectivity index (χ4v) is 2.02. The highest BCUT2D eigenvalue weighted by molar-refractivity contribution is 5.76. The van der Waals surface area contributed by atoms with Gasteiger partial charge in [0.2, 0.25) is 0 Å². The smallest absolute Gasteiger partial charge is 0.319 e. The lowest BCUT2D eigenvalue weighted by molar-refractivity contribution is -0.143. The standard InChI is InChI=1S/C11H20N2O3/c1-3-6-12(2)11(16)13-7-4-5-9(8-13)10(14)15/h9H,3-8H2,1-2H3,(H,14,15). The minimum Gasteiger partial charge on any atom is -0.481 e. The maximum atomic E-state index is 11.9. The summed E-state index contributed by atoms with van der Waals surface area (Å²) in [4.78, 5) is 26.1. The third-order valence-corrected chi connectivity index (χ3v) is 2.93. The maximum absolute atomic E-state index is 11.9. The number of carboxylic acids is 1. The van der Waals surface area contributed by atoms with Crippen LogP contribution in [0.15, 0.2) is 0 Å². The molecule has 1 saturated heterocycles. The second kappa shape index (κ2) is 5.72. The molecule has 1 N–H and O–H groups in total. The third kappa shape index (κ3) is 3.12. The van der Waals surface area contributed by atoms with Gasteiger partial charge in [-0.3, -0.25) is 4.79 Å². The summed E-state index contributed by atoms with van der Waals surface area (Å²) in [7, 11) is 1.76. The van der Waals surface area contributed by atoms with Crippen LogP contribution >= 0.6 is 0 Å². The van der Waals surface area contributed by atoms with E-state index in [4.69, 9.17) is 5.11 Å². The number of piperidine rings is 1. The molecule has 1 aliphatic heterocycles. The van der Waals surface area contributed by atoms with Crippen LogP contribution in [-0.2, 0) is 4.79 Å². The van der Waals surface area contributed by atoms with Gasteiger partial charge in [-0.15, -0.1) is 0 Å². The highest BCUT2D eigenvalue weighted by Gasteiger charge is 2.29. The van der Waals surface area contributed by atoms with Crippen molar-refractivity contribution in [2.24, 2.45) is 5.92 Å². The molecule has 0 spiro atoms. The zero-order valence-electron chi connectivity index (χ0n) is 9.98. The van der Waals surface area contributed by atoms with Crippen molar-refractivity contribution in [1.82, 2.24) is 9.80 Å². The van der Waals surface area contributed by atoms with Crippen LogP contribution in [0.5, 0.6) is 0 Å². The van der Waals surface area contributed by atoms with E-state index in [0.717, 1.165) is 12.8 Å². The van der Waals surface area contributed by atoms with Gasteiger partial charge in [0.1, 0.15) is 0 Å². The van der Waals surface area contributed by atoms with Crippen molar-refractivity contribution in [3.8, 4) is 0 Å². The number of nitrogens with zero attached hydrogens (tertiary/aromatic N) is 2. The van der Waals surface area contributed by atoms with E-state index in [1.807, 2.05) is 6.92 Å². The Bertz CT molecular complexity index is 268. The number of rotatable bonds is 3. The number of aliphatic carboxylic acids is 1. The van der Waals surface area contributed by atoms with Crippen LogP contribution in [0.2, 0.25) is 0 Å². The van der Waals surface area contributed by atoms with Gasteiger partial charge >= 0.3 is 12.0 Å². The maximum Gasteiger partial charge on any atom is 0.319 e. The van der Waals surface area contributed by atoms with Crippen LogP contribution in [0, 0.1) is 5.92 Å². The molecule has 1 rings (SSSR count). The lowest BCUT2D eigenvalue weighted by atomic mass is 9.99. The van der Waals surface area contributed by atoms with E-state index in [1.165, 1.54) is 0 Å². The number of carboxylic acid groups (broad SMARTS) is 1. The highest BCUT2D eigenvalue weighted by atomic mass is 16.4. The van der Waals surface area contributed by atoms with Gasteiger partial charge in [0.15, 0.2) is 0 Å². The topological polar surface area (TPSA) is 60.9 Å². The number of hydrogen-bond donors (Lipinski definition) is 1. The molecule has 1 atom stereocenters. The molecule has 0 aromatic heterocycles. The molecule has 16 heavy (non-hydrogen) atoms. The molecule has 0 aromatic rings. The Balaban J connectivity index is 2.53. The molecule has 1 heterocycles. The van der Waals surface area contributed by atoms with Crippen LogP contribution in [0.3, 0.4) is 0 Å². The van der Waals surface area contributed by atoms with Crippen molar-refractivity contribution in [3.63, 3.8) is 0 Å². The molecule has 0 bridgehead atoms. The van der Waals surface area contributed by atoms with Crippen molar-refractivity contribution >= 4 is 12.0 Å². The molecule has 0 aliphatic carbocycles. The number of carbonyl (C=O) groups is 2. The van der Waals surface area contributed by atoms with Gasteiger partial charge in [0.05, 0.1) is 5.92 Å². The minimum atomic E-state index is -0.796. The first-order valence-electron chi connectivity index (χ1n) is 5.79. The first-order valence-corrected chi connectivity index (χ1v) is 5.79. The van der Waals surface area contributed by atoms with E-state index in [-0.39, 0.29) is 6.03 Å². The Morgan fingerprint density at radius 1 is 1.50 bits per heavy atom. The second-order valence-electron chi connectivity index (χ2n) is 4.33. The number of likely N-dealkylation sites (tertiary alicyclic amines) is 1. The molecule has 0 aromatic carbocycles. The van der Waals surface area contributed by atoms with Gasteiger partial charge in [-0.2, -0.15) is 0 Å². The summed E-state index contributed by atoms with van der Waals surface area (Å²) < 4.78 is 0. The fraction of sp³-hybridized carbons (Fsp3) is 0.818. The van der Waals surface area contributed by atoms with Crippen molar-refractivity contribution < 1.29 is 14.7 Å². The average Bonchev–Trinajstić information content (AvgIpc) is 2.28. The molecule has 0 saturated carbocycles. The van der Waals surface area contributed by atoms with E-state index in [9.17, 15) is 9.59 Å². The summed E-state index contributed by atoms with van der Waals surface area (Å²) in [6.07, 6.45) is 2.37. The predicted molar refractivity (Wildman–Crippen MR) is 60.2 cm³/mol. The molecule has 92 valence electrons. The monoisotopic (exact) mass is 228 g/mol. The molecule has 1 unspecified atom stereocenters. The van der Waals surface area contributed by atoms with Crippen LogP contribution in [-0.4, -0.2) is 53.6 Å². The lowest BCUT2D eigenvalue weighted by Gasteiger charge is -2.33. The Morgan fingerprint density at radius 2 is 2.19 bits per heavy atom. The van der Waals surface area contributed by atoms with Crippen molar-refractivity contribution in [2.75, 3.05) is 26.7 Å². The minimum absolute atomic E-state index is 0.0483. The van der Waals surface area contributed by atoms with Crippen LogP contribution in [0.25, 0.3) is 0 Å². The van der Waals surface area contributed by atoms with E-state index < -0.39 is 11.9 Å². The molecule has 2 amide bonds. The van der Waals surface area contributed by atoms with Gasteiger partial charge in [0, 0.05) is 26.7 Å².